The van der Waals surface area contributed by atoms with Crippen LogP contribution < -0.4 is 14.8 Å². The molecule has 3 N–H and O–H groups in total. The van der Waals surface area contributed by atoms with Crippen LogP contribution in [0.4, 0.5) is 4.79 Å². The van der Waals surface area contributed by atoms with Gasteiger partial charge in [-0.2, -0.15) is 0 Å². The average molecular weight is 460 g/mol. The fourth-order valence-electron chi connectivity index (χ4n) is 5.21. The number of hydrogen-bond donors (Lipinski definition) is 3. The fourth-order valence-corrected chi connectivity index (χ4v) is 6.28. The van der Waals surface area contributed by atoms with Gasteiger partial charge in [-0.3, -0.25) is 0 Å². The number of benzene rings is 1. The van der Waals surface area contributed by atoms with Crippen molar-refractivity contribution in [2.24, 2.45) is 17.3 Å². The molecular formula is C25H33NO5S. The highest BCUT2D eigenvalue weighted by Gasteiger charge is 2.63. The van der Waals surface area contributed by atoms with Crippen LogP contribution in [0.25, 0.3) is 0 Å². The van der Waals surface area contributed by atoms with Crippen molar-refractivity contribution in [1.29, 1.82) is 0 Å². The maximum absolute atomic E-state index is 12.5. The Bertz CT molecular complexity index is 1000. The van der Waals surface area contributed by atoms with Crippen molar-refractivity contribution in [2.45, 2.75) is 53.5 Å². The maximum Gasteiger partial charge on any atom is 0.413 e. The summed E-state index contributed by atoms with van der Waals surface area (Å²) < 4.78 is 11.5. The van der Waals surface area contributed by atoms with E-state index in [1.807, 2.05) is 26.0 Å². The molecule has 0 aliphatic heterocycles. The number of thiophene rings is 1. The van der Waals surface area contributed by atoms with Gasteiger partial charge in [-0.1, -0.05) is 26.0 Å². The summed E-state index contributed by atoms with van der Waals surface area (Å²) in [6, 6.07) is 3.94. The average Bonchev–Trinajstić information content (AvgIpc) is 3.04. The summed E-state index contributed by atoms with van der Waals surface area (Å²) in [6.45, 7) is 11.0. The van der Waals surface area contributed by atoms with E-state index < -0.39 is 6.09 Å². The highest BCUT2D eigenvalue weighted by atomic mass is 32.1. The summed E-state index contributed by atoms with van der Waals surface area (Å²) in [5.41, 5.74) is 5.87. The second kappa shape index (κ2) is 8.69. The molecule has 0 spiro atoms. The van der Waals surface area contributed by atoms with Crippen molar-refractivity contribution >= 4 is 17.4 Å². The van der Waals surface area contributed by atoms with E-state index in [1.54, 1.807) is 11.3 Å². The first-order chi connectivity index (χ1) is 15.2. The molecule has 0 saturated heterocycles. The molecule has 32 heavy (non-hydrogen) atoms. The molecule has 0 radical (unpaired) electrons. The Balaban J connectivity index is 1.35. The Morgan fingerprint density at radius 3 is 2.50 bits per heavy atom. The lowest BCUT2D eigenvalue weighted by molar-refractivity contribution is 0.105. The number of aryl methyl sites for hydroxylation is 3. The lowest BCUT2D eigenvalue weighted by atomic mass is 9.96. The molecule has 2 aliphatic carbocycles. The smallest absolute Gasteiger partial charge is 0.413 e. The molecule has 7 heteroatoms. The normalized spacial score (nSPS) is 20.1. The highest BCUT2D eigenvalue weighted by Crippen LogP contribution is 2.72. The molecule has 0 bridgehead atoms. The summed E-state index contributed by atoms with van der Waals surface area (Å²) >= 11 is 1.58. The summed E-state index contributed by atoms with van der Waals surface area (Å²) in [6.07, 6.45) is 0.575. The van der Waals surface area contributed by atoms with Crippen LogP contribution in [0.15, 0.2) is 12.1 Å². The van der Waals surface area contributed by atoms with Crippen molar-refractivity contribution in [1.82, 2.24) is 5.32 Å². The molecule has 2 aliphatic rings. The van der Waals surface area contributed by atoms with Crippen molar-refractivity contribution in [3.63, 3.8) is 0 Å². The van der Waals surface area contributed by atoms with Gasteiger partial charge in [0.2, 0.25) is 0 Å². The number of rotatable bonds is 8. The van der Waals surface area contributed by atoms with E-state index in [0.29, 0.717) is 23.8 Å². The molecule has 1 aromatic carbocycles. The molecule has 1 heterocycles. The monoisotopic (exact) mass is 459 g/mol. The SMILES string of the molecule is Cc1cc(CNC(=O)Oc2sc(C)c3c2C[C@@H]2[C@H]3C2(C)C)cc(C)c1OCC(CO)CO. The van der Waals surface area contributed by atoms with E-state index >= 15 is 0 Å². The largest absolute Gasteiger partial charge is 0.493 e. The quantitative estimate of drug-likeness (QED) is 0.550. The van der Waals surface area contributed by atoms with Crippen molar-refractivity contribution < 1.29 is 24.5 Å². The summed E-state index contributed by atoms with van der Waals surface area (Å²) in [7, 11) is 0. The number of fused-ring (bicyclic) bond motifs is 3. The van der Waals surface area contributed by atoms with Gasteiger partial charge >= 0.3 is 6.09 Å². The Morgan fingerprint density at radius 1 is 1.22 bits per heavy atom. The van der Waals surface area contributed by atoms with E-state index in [4.69, 9.17) is 9.47 Å². The van der Waals surface area contributed by atoms with Crippen LogP contribution in [0, 0.1) is 38.0 Å². The predicted molar refractivity (Wildman–Crippen MR) is 125 cm³/mol. The number of hydrogen-bond acceptors (Lipinski definition) is 6. The zero-order valence-electron chi connectivity index (χ0n) is 19.4. The van der Waals surface area contributed by atoms with Gasteiger partial charge in [0.15, 0.2) is 5.06 Å². The van der Waals surface area contributed by atoms with Gasteiger partial charge in [0, 0.05) is 22.9 Å². The third-order valence-electron chi connectivity index (χ3n) is 7.10. The van der Waals surface area contributed by atoms with E-state index in [9.17, 15) is 15.0 Å². The van der Waals surface area contributed by atoms with E-state index in [0.717, 1.165) is 33.9 Å². The van der Waals surface area contributed by atoms with E-state index in [-0.39, 0.29) is 25.7 Å². The Labute approximate surface area is 193 Å². The van der Waals surface area contributed by atoms with Gasteiger partial charge in [0.25, 0.3) is 0 Å². The zero-order valence-corrected chi connectivity index (χ0v) is 20.3. The molecule has 4 rings (SSSR count). The Hall–Kier alpha value is -2.09. The highest BCUT2D eigenvalue weighted by molar-refractivity contribution is 7.14. The molecule has 1 saturated carbocycles. The van der Waals surface area contributed by atoms with Gasteiger partial charge in [-0.25, -0.2) is 4.79 Å². The summed E-state index contributed by atoms with van der Waals surface area (Å²) in [4.78, 5) is 13.8. The standard InChI is InChI=1S/C25H33NO5S/c1-13-6-16(7-14(2)22(13)30-12-17(10-27)11-28)9-26-24(29)31-23-18-8-19-21(25(19,4)5)20(18)15(3)32-23/h6-7,17,19,21,27-28H,8-12H2,1-5H3,(H,26,29)/t19-,21-/m1/s1. The van der Waals surface area contributed by atoms with Crippen LogP contribution in [-0.4, -0.2) is 36.1 Å². The van der Waals surface area contributed by atoms with E-state index in [1.165, 1.54) is 16.0 Å². The third-order valence-corrected chi connectivity index (χ3v) is 8.15. The zero-order chi connectivity index (χ0) is 23.2. The second-order valence-electron chi connectivity index (χ2n) is 9.79. The number of ether oxygens (including phenoxy) is 2. The Morgan fingerprint density at radius 2 is 1.88 bits per heavy atom. The minimum Gasteiger partial charge on any atom is -0.493 e. The molecule has 6 nitrogen and oxygen atoms in total. The number of nitrogens with one attached hydrogen (secondary N) is 1. The first-order valence-corrected chi connectivity index (χ1v) is 12.0. The van der Waals surface area contributed by atoms with Gasteiger partial charge < -0.3 is 25.0 Å². The van der Waals surface area contributed by atoms with Crippen molar-refractivity contribution in [2.75, 3.05) is 19.8 Å². The lowest BCUT2D eigenvalue weighted by Gasteiger charge is -2.17. The second-order valence-corrected chi connectivity index (χ2v) is 11.0. The number of amides is 1. The van der Waals surface area contributed by atoms with E-state index in [2.05, 4.69) is 26.1 Å². The van der Waals surface area contributed by atoms with Crippen LogP contribution in [-0.2, 0) is 13.0 Å². The van der Waals surface area contributed by atoms with Crippen molar-refractivity contribution in [3.05, 3.63) is 44.8 Å². The van der Waals surface area contributed by atoms with Crippen LogP contribution in [0.3, 0.4) is 0 Å². The van der Waals surface area contributed by atoms with Crippen LogP contribution in [0.2, 0.25) is 0 Å². The maximum atomic E-state index is 12.5. The molecule has 174 valence electrons. The Kier molecular flexibility index (Phi) is 6.27. The molecular weight excluding hydrogens is 426 g/mol. The van der Waals surface area contributed by atoms with Crippen LogP contribution >= 0.6 is 11.3 Å². The minimum absolute atomic E-state index is 0.120. The molecule has 1 fully saturated rings. The first kappa shape index (κ1) is 23.1. The van der Waals surface area contributed by atoms with Gasteiger partial charge in [-0.05, 0) is 66.7 Å². The number of aliphatic hydroxyl groups is 2. The van der Waals surface area contributed by atoms with Gasteiger partial charge in [0.05, 0.1) is 19.8 Å². The molecule has 2 aromatic rings. The van der Waals surface area contributed by atoms with Gasteiger partial charge in [0.1, 0.15) is 5.75 Å². The van der Waals surface area contributed by atoms with Crippen LogP contribution in [0.5, 0.6) is 10.8 Å². The van der Waals surface area contributed by atoms with Crippen molar-refractivity contribution in [3.8, 4) is 10.8 Å². The number of aliphatic hydroxyl groups excluding tert-OH is 2. The van der Waals surface area contributed by atoms with Gasteiger partial charge in [-0.15, -0.1) is 11.3 Å². The molecule has 1 amide bonds. The number of carbonyl (C=O) groups is 1. The third kappa shape index (κ3) is 4.14. The topological polar surface area (TPSA) is 88.0 Å². The fraction of sp³-hybridized carbons (Fsp3) is 0.560. The summed E-state index contributed by atoms with van der Waals surface area (Å²) in [5, 5.41) is 22.0. The molecule has 2 atom stereocenters. The predicted octanol–water partition coefficient (Wildman–Crippen LogP) is 4.24. The molecule has 0 unspecified atom stereocenters. The summed E-state index contributed by atoms with van der Waals surface area (Å²) in [5.74, 6) is 1.74. The first-order valence-electron chi connectivity index (χ1n) is 11.2. The minimum atomic E-state index is -0.432. The number of carbonyl (C=O) groups excluding carboxylic acids is 1. The molecule has 1 aromatic heterocycles. The lowest BCUT2D eigenvalue weighted by Crippen LogP contribution is -2.26. The van der Waals surface area contributed by atoms with Crippen LogP contribution in [0.1, 0.15) is 52.5 Å².